The van der Waals surface area contributed by atoms with Crippen molar-refractivity contribution in [2.24, 2.45) is 0 Å². The molecule has 0 saturated carbocycles. The highest BCUT2D eigenvalue weighted by Crippen LogP contribution is 2.53. The molecule has 68 heavy (non-hydrogen) atoms. The molecule has 12 atom stereocenters. The number of H-pyrrole nitrogens is 3. The van der Waals surface area contributed by atoms with E-state index in [4.69, 9.17) is 88.2 Å². The Morgan fingerprint density at radius 2 is 1.37 bits per heavy atom. The lowest BCUT2D eigenvalue weighted by Crippen LogP contribution is -2.40. The Labute approximate surface area is 398 Å². The van der Waals surface area contributed by atoms with E-state index in [0.717, 1.165) is 4.57 Å². The molecule has 5 aromatic rings. The third kappa shape index (κ3) is 12.1. The Hall–Kier alpha value is -3.53. The molecule has 2 fully saturated rings. The quantitative estimate of drug-likeness (QED) is 0.0289. The number of nitrogens with one attached hydrogen (secondary N) is 3. The lowest BCUT2D eigenvalue weighted by atomic mass is 10.1. The molecule has 0 spiro atoms. The van der Waals surface area contributed by atoms with Crippen LogP contribution in [0.5, 0.6) is 0 Å². The van der Waals surface area contributed by atoms with Gasteiger partial charge in [-0.25, -0.2) is 14.8 Å². The van der Waals surface area contributed by atoms with Gasteiger partial charge in [0.15, 0.2) is 30.2 Å². The van der Waals surface area contributed by atoms with E-state index in [2.05, 4.69) is 34.9 Å². The first-order valence-electron chi connectivity index (χ1n) is 20.3. The maximum atomic E-state index is 12.7. The van der Waals surface area contributed by atoms with Crippen molar-refractivity contribution in [3.63, 3.8) is 0 Å². The lowest BCUT2D eigenvalue weighted by molar-refractivity contribution is -0.0847. The first kappa shape index (κ1) is 52.3. The molecule has 0 amide bonds. The van der Waals surface area contributed by atoms with Crippen LogP contribution in [0.2, 0.25) is 0 Å². The minimum Gasteiger partial charge on any atom is -0.394 e. The summed E-state index contributed by atoms with van der Waals surface area (Å²) < 4.78 is 56.5. The van der Waals surface area contributed by atoms with Crippen LogP contribution in [0.15, 0.2) is 38.0 Å². The number of nitrogen functional groups attached to an aromatic ring is 2. The van der Waals surface area contributed by atoms with Crippen LogP contribution in [0.1, 0.15) is 50.8 Å². The van der Waals surface area contributed by atoms with Gasteiger partial charge in [0, 0.05) is 24.6 Å². The molecule has 0 aromatic carbocycles. The van der Waals surface area contributed by atoms with E-state index < -0.39 is 118 Å². The maximum Gasteiger partial charge on any atom is 0.329 e. The van der Waals surface area contributed by atoms with Crippen LogP contribution in [0.4, 0.5) is 11.9 Å². The number of hydrogen-bond donors (Lipinski definition) is 9. The van der Waals surface area contributed by atoms with Crippen LogP contribution in [-0.4, -0.2) is 139 Å². The Morgan fingerprint density at radius 3 is 1.91 bits per heavy atom. The Bertz CT molecular complexity index is 3050. The topological polar surface area (TPSA) is 398 Å². The highest BCUT2D eigenvalue weighted by atomic mass is 32.5. The second-order valence-electron chi connectivity index (χ2n) is 15.2. The highest BCUT2D eigenvalue weighted by molar-refractivity contribution is 8.07. The van der Waals surface area contributed by atoms with Gasteiger partial charge in [-0.05, 0) is 56.2 Å². The molecule has 5 aromatic heterocycles. The molecule has 2 aliphatic rings. The van der Waals surface area contributed by atoms with E-state index in [1.165, 1.54) is 49.7 Å². The number of aromatic amines is 3. The monoisotopic (exact) mass is 1070 g/mol. The Morgan fingerprint density at radius 1 is 0.838 bits per heavy atom. The number of fused-ring (bicyclic) bond motifs is 2. The molecule has 2 saturated heterocycles. The van der Waals surface area contributed by atoms with Gasteiger partial charge in [0.05, 0.1) is 63.5 Å². The number of nitrogens with zero attached hydrogens (tertiary/aromatic N) is 7. The molecule has 36 heteroatoms. The summed E-state index contributed by atoms with van der Waals surface area (Å²) in [5, 5.41) is 10.2. The maximum absolute atomic E-state index is 12.7. The number of ether oxygens (including phenoxy) is 3. The molecule has 0 bridgehead atoms. The van der Waals surface area contributed by atoms with Crippen LogP contribution >= 0.6 is 20.2 Å². The number of imidazole rings is 2. The van der Waals surface area contributed by atoms with Crippen LogP contribution < -0.4 is 33.8 Å². The van der Waals surface area contributed by atoms with E-state index >= 15 is 0 Å². The fraction of sp³-hybridized carbons (Fsp3) is 0.562. The van der Waals surface area contributed by atoms with Crippen molar-refractivity contribution in [1.82, 2.24) is 48.6 Å². The minimum atomic E-state index is -4.38. The fourth-order valence-corrected chi connectivity index (χ4v) is 11.9. The van der Waals surface area contributed by atoms with Crippen molar-refractivity contribution in [3.05, 3.63) is 66.0 Å². The summed E-state index contributed by atoms with van der Waals surface area (Å²) in [5.74, 6) is -0.388. The average Bonchev–Trinajstić information content (AvgIpc) is 4.04. The molecule has 2 aliphatic heterocycles. The van der Waals surface area contributed by atoms with Gasteiger partial charge in [0.2, 0.25) is 11.9 Å². The van der Waals surface area contributed by atoms with E-state index in [1.807, 2.05) is 0 Å². The summed E-state index contributed by atoms with van der Waals surface area (Å²) in [6, 6.07) is 0. The number of anilines is 2. The molecular weight excluding hydrogens is 1020 g/mol. The number of hydrogen-bond acceptors (Lipinski definition) is 23. The van der Waals surface area contributed by atoms with Gasteiger partial charge in [-0.3, -0.25) is 43.0 Å². The van der Waals surface area contributed by atoms with Crippen molar-refractivity contribution in [2.45, 2.75) is 88.8 Å². The molecule has 7 heterocycles. The number of aliphatic hydroxyl groups is 1. The van der Waals surface area contributed by atoms with E-state index in [1.54, 1.807) is 6.92 Å². The number of rotatable bonds is 21. The zero-order valence-electron chi connectivity index (χ0n) is 36.1. The van der Waals surface area contributed by atoms with Crippen molar-refractivity contribution in [3.8, 4) is 0 Å². The second kappa shape index (κ2) is 21.1. The fourth-order valence-electron chi connectivity index (χ4n) is 7.26. The van der Waals surface area contributed by atoms with E-state index in [0.29, 0.717) is 0 Å². The largest absolute Gasteiger partial charge is 0.394 e. The van der Waals surface area contributed by atoms with Crippen molar-refractivity contribution in [2.75, 3.05) is 37.9 Å². The summed E-state index contributed by atoms with van der Waals surface area (Å²) in [6.45, 7) is -9.65. The third-order valence-corrected chi connectivity index (χ3v) is 15.4. The second-order valence-corrected chi connectivity index (χ2v) is 23.6. The molecule has 11 N–H and O–H groups in total. The molecule has 6 unspecified atom stereocenters. The standard InChI is InChI=1S/C32H46BN12O17P3S3/c1-4-54-63(51,66)60-14(3)18(59-29(33)43-7-13(2)26(47)42-32(43)50)9-55-64(52,67)62-16-6-21(45-12-37-23-25(45)39-31(35)41-28(23)49)58-19(16)10-56-65(53,68)61-15-5-20(57-17(15)8-46)44-11-36-22-24(44)38-30(34)40-27(22)48/h7,11-12,14-21,29,46H,4-6,8-10,33H2,1-3H3,(H,51,66)(H,52,67)(H,53,68)(H,42,47,50)(H3,34,38,40,48)(H3,35,39,41,49)/t14-,15-,16-,17-,18?,19-,20?,21?,29-,63?,64?,65?/m1/s1. The number of nitrogens with two attached hydrogens (primary N) is 2. The number of aryl methyl sites for hydroxylation is 1. The van der Waals surface area contributed by atoms with Gasteiger partial charge in [-0.1, -0.05) is 0 Å². The lowest BCUT2D eigenvalue weighted by Gasteiger charge is -2.31. The van der Waals surface area contributed by atoms with Gasteiger partial charge in [0.25, 0.3) is 16.7 Å². The zero-order valence-corrected chi connectivity index (χ0v) is 41.3. The van der Waals surface area contributed by atoms with Crippen LogP contribution in [0.3, 0.4) is 0 Å². The van der Waals surface area contributed by atoms with Gasteiger partial charge in [-0.2, -0.15) is 9.97 Å². The summed E-state index contributed by atoms with van der Waals surface area (Å²) in [4.78, 5) is 107. The zero-order chi connectivity index (χ0) is 49.5. The van der Waals surface area contributed by atoms with Crippen molar-refractivity contribution < 1.29 is 61.1 Å². The first-order valence-corrected chi connectivity index (χ1v) is 28.0. The minimum absolute atomic E-state index is 0.0122. The van der Waals surface area contributed by atoms with Crippen LogP contribution in [0, 0.1) is 6.92 Å². The summed E-state index contributed by atoms with van der Waals surface area (Å²) in [6.07, 6.45) is -6.30. The highest BCUT2D eigenvalue weighted by Gasteiger charge is 2.44. The third-order valence-electron chi connectivity index (χ3n) is 10.4. The smallest absolute Gasteiger partial charge is 0.329 e. The Balaban J connectivity index is 1.09. The van der Waals surface area contributed by atoms with E-state index in [9.17, 15) is 39.0 Å². The number of aliphatic hydroxyl groups excluding tert-OH is 1. The van der Waals surface area contributed by atoms with E-state index in [-0.39, 0.29) is 59.2 Å². The number of aromatic nitrogens is 10. The Kier molecular flexibility index (Phi) is 16.2. The molecule has 0 aliphatic carbocycles. The summed E-state index contributed by atoms with van der Waals surface area (Å²) in [7, 11) is 1.48. The van der Waals surface area contributed by atoms with Crippen LogP contribution in [0.25, 0.3) is 22.3 Å². The van der Waals surface area contributed by atoms with Crippen LogP contribution in [-0.2, 0) is 76.8 Å². The molecule has 0 radical (unpaired) electrons. The van der Waals surface area contributed by atoms with Crippen molar-refractivity contribution >= 4 is 97.6 Å². The molecule has 372 valence electrons. The van der Waals surface area contributed by atoms with Gasteiger partial charge in [-0.15, -0.1) is 0 Å². The molecular formula is C32H46BN12O17P3S3. The summed E-state index contributed by atoms with van der Waals surface area (Å²) >= 11 is 16.0. The predicted molar refractivity (Wildman–Crippen MR) is 251 cm³/mol. The normalized spacial score (nSPS) is 25.0. The van der Waals surface area contributed by atoms with Gasteiger partial charge < -0.3 is 72.6 Å². The first-order chi connectivity index (χ1) is 32.0. The summed E-state index contributed by atoms with van der Waals surface area (Å²) in [5.41, 5.74) is 9.18. The van der Waals surface area contributed by atoms with Gasteiger partial charge in [0.1, 0.15) is 30.8 Å². The van der Waals surface area contributed by atoms with Gasteiger partial charge >= 0.3 is 25.8 Å². The average molecular weight is 1070 g/mol. The molecule has 7 rings (SSSR count). The molecule has 29 nitrogen and oxygen atoms in total. The SMILES string of the molecule is B[C@@H](OC(COP(O)(=S)O[C@@H]1CC(n2cnc3c(=O)[nH]c(N)nc32)O[C@@H]1COP(O)(=S)O[C@@H]1CC(n2cnc3c(=O)[nH]c(N)nc32)O[C@@H]1CO)[C@@H](C)OP(O)(=S)OCC)n1cc(C)c(=O)[nH]c1=O. The van der Waals surface area contributed by atoms with Crippen molar-refractivity contribution in [1.29, 1.82) is 0 Å². The predicted octanol–water partition coefficient (Wildman–Crippen LogP) is -1.79.